The van der Waals surface area contributed by atoms with E-state index in [1.807, 2.05) is 0 Å². The summed E-state index contributed by atoms with van der Waals surface area (Å²) in [7, 11) is -0.533. The maximum Gasteiger partial charge on any atom is 0.0363 e. The fourth-order valence-electron chi connectivity index (χ4n) is 1.56. The van der Waals surface area contributed by atoms with Crippen LogP contribution in [0.25, 0.3) is 0 Å². The minimum absolute atomic E-state index is 0.533. The first-order valence-electron chi connectivity index (χ1n) is 5.61. The van der Waals surface area contributed by atoms with Gasteiger partial charge in [-0.1, -0.05) is 13.3 Å². The van der Waals surface area contributed by atoms with Crippen LogP contribution in [-0.4, -0.2) is 53.3 Å². The van der Waals surface area contributed by atoms with Crippen LogP contribution in [0.15, 0.2) is 0 Å². The highest BCUT2D eigenvalue weighted by molar-refractivity contribution is 7.85. The second-order valence-electron chi connectivity index (χ2n) is 3.79. The molecule has 0 bridgehead atoms. The van der Waals surface area contributed by atoms with E-state index in [1.165, 1.54) is 12.8 Å². The summed E-state index contributed by atoms with van der Waals surface area (Å²) in [4.78, 5) is 2.40. The van der Waals surface area contributed by atoms with Gasteiger partial charge in [0, 0.05) is 48.5 Å². The van der Waals surface area contributed by atoms with Gasteiger partial charge in [-0.05, 0) is 13.0 Å². The van der Waals surface area contributed by atoms with E-state index in [4.69, 9.17) is 0 Å². The van der Waals surface area contributed by atoms with Crippen molar-refractivity contribution < 1.29 is 4.21 Å². The first-order chi connectivity index (χ1) is 6.83. The first-order valence-corrected chi connectivity index (χ1v) is 7.09. The van der Waals surface area contributed by atoms with Crippen LogP contribution >= 0.6 is 0 Å². The van der Waals surface area contributed by atoms with Crippen LogP contribution in [0.1, 0.15) is 19.8 Å². The van der Waals surface area contributed by atoms with Crippen LogP contribution in [0.3, 0.4) is 0 Å². The standard InChI is InChI=1S/C10H22N2OS/c1-2-3-4-11-5-6-12-7-9-14(13)10-8-12/h11H,2-10H2,1H3. The zero-order valence-electron chi connectivity index (χ0n) is 9.13. The molecule has 84 valence electrons. The molecule has 1 fully saturated rings. The van der Waals surface area contributed by atoms with Gasteiger partial charge in [0.2, 0.25) is 0 Å². The smallest absolute Gasteiger partial charge is 0.0363 e. The number of nitrogens with zero attached hydrogens (tertiary/aromatic N) is 1. The minimum Gasteiger partial charge on any atom is -0.315 e. The minimum atomic E-state index is -0.533. The molecule has 0 radical (unpaired) electrons. The summed E-state index contributed by atoms with van der Waals surface area (Å²) < 4.78 is 11.1. The Morgan fingerprint density at radius 2 is 2.00 bits per heavy atom. The average molecular weight is 218 g/mol. The number of hydrogen-bond acceptors (Lipinski definition) is 3. The summed E-state index contributed by atoms with van der Waals surface area (Å²) in [6.07, 6.45) is 2.53. The molecule has 3 nitrogen and oxygen atoms in total. The summed E-state index contributed by atoms with van der Waals surface area (Å²) in [6, 6.07) is 0. The summed E-state index contributed by atoms with van der Waals surface area (Å²) in [5.74, 6) is 1.74. The molecule has 1 N–H and O–H groups in total. The second-order valence-corrected chi connectivity index (χ2v) is 5.49. The summed E-state index contributed by atoms with van der Waals surface area (Å²) >= 11 is 0. The highest BCUT2D eigenvalue weighted by Crippen LogP contribution is 1.98. The average Bonchev–Trinajstić information content (AvgIpc) is 2.21. The molecule has 0 aromatic carbocycles. The monoisotopic (exact) mass is 218 g/mol. The Morgan fingerprint density at radius 3 is 2.64 bits per heavy atom. The van der Waals surface area contributed by atoms with Crippen LogP contribution in [-0.2, 0) is 10.8 Å². The lowest BCUT2D eigenvalue weighted by Crippen LogP contribution is -2.41. The van der Waals surface area contributed by atoms with Crippen molar-refractivity contribution in [2.24, 2.45) is 0 Å². The topological polar surface area (TPSA) is 32.3 Å². The van der Waals surface area contributed by atoms with Gasteiger partial charge in [-0.2, -0.15) is 0 Å². The van der Waals surface area contributed by atoms with Gasteiger partial charge in [0.25, 0.3) is 0 Å². The molecule has 1 rings (SSSR count). The maximum absolute atomic E-state index is 11.1. The summed E-state index contributed by atoms with van der Waals surface area (Å²) in [5.41, 5.74) is 0. The second kappa shape index (κ2) is 7.37. The quantitative estimate of drug-likeness (QED) is 0.657. The number of rotatable bonds is 6. The highest BCUT2D eigenvalue weighted by Gasteiger charge is 2.13. The lowest BCUT2D eigenvalue weighted by molar-refractivity contribution is 0.298. The van der Waals surface area contributed by atoms with Crippen LogP contribution in [0, 0.1) is 0 Å². The number of unbranched alkanes of at least 4 members (excludes halogenated alkanes) is 1. The van der Waals surface area contributed by atoms with Crippen molar-refractivity contribution in [3.63, 3.8) is 0 Å². The van der Waals surface area contributed by atoms with Crippen molar-refractivity contribution >= 4 is 10.8 Å². The molecule has 0 atom stereocenters. The Hall–Kier alpha value is 0.0700. The summed E-state index contributed by atoms with van der Waals surface area (Å²) in [5, 5.41) is 3.43. The van der Waals surface area contributed by atoms with Crippen LogP contribution in [0.2, 0.25) is 0 Å². The molecule has 1 saturated heterocycles. The van der Waals surface area contributed by atoms with E-state index in [1.54, 1.807) is 0 Å². The maximum atomic E-state index is 11.1. The lowest BCUT2D eigenvalue weighted by Gasteiger charge is -2.25. The van der Waals surface area contributed by atoms with E-state index in [-0.39, 0.29) is 0 Å². The highest BCUT2D eigenvalue weighted by atomic mass is 32.2. The summed E-state index contributed by atoms with van der Waals surface area (Å²) in [6.45, 7) is 7.57. The third-order valence-corrected chi connectivity index (χ3v) is 3.86. The van der Waals surface area contributed by atoms with Crippen molar-refractivity contribution in [2.75, 3.05) is 44.2 Å². The Morgan fingerprint density at radius 1 is 1.29 bits per heavy atom. The molecule has 0 spiro atoms. The third-order valence-electron chi connectivity index (χ3n) is 2.58. The van der Waals surface area contributed by atoms with Crippen molar-refractivity contribution in [1.29, 1.82) is 0 Å². The van der Waals surface area contributed by atoms with Gasteiger partial charge in [-0.3, -0.25) is 4.21 Å². The molecule has 1 heterocycles. The molecule has 1 aliphatic heterocycles. The molecule has 0 aromatic rings. The van der Waals surface area contributed by atoms with Gasteiger partial charge >= 0.3 is 0 Å². The van der Waals surface area contributed by atoms with E-state index in [0.717, 1.165) is 44.2 Å². The number of hydrogen-bond donors (Lipinski definition) is 1. The fourth-order valence-corrected chi connectivity index (χ4v) is 2.69. The molecule has 0 unspecified atom stereocenters. The molecule has 0 aliphatic carbocycles. The molecular formula is C10H22N2OS. The third kappa shape index (κ3) is 5.08. The Labute approximate surface area is 89.7 Å². The predicted octanol–water partition coefficient (Wildman–Crippen LogP) is 0.440. The molecule has 1 aliphatic rings. The van der Waals surface area contributed by atoms with Crippen molar-refractivity contribution in [2.45, 2.75) is 19.8 Å². The molecule has 14 heavy (non-hydrogen) atoms. The molecule has 0 saturated carbocycles. The van der Waals surface area contributed by atoms with Gasteiger partial charge in [0.1, 0.15) is 0 Å². The largest absolute Gasteiger partial charge is 0.315 e. The normalized spacial score (nSPS) is 20.1. The van der Waals surface area contributed by atoms with Gasteiger partial charge in [-0.15, -0.1) is 0 Å². The molecule has 4 heteroatoms. The Balaban J connectivity index is 1.94. The van der Waals surface area contributed by atoms with Gasteiger partial charge < -0.3 is 10.2 Å². The van der Waals surface area contributed by atoms with Crippen LogP contribution < -0.4 is 5.32 Å². The van der Waals surface area contributed by atoms with Crippen LogP contribution in [0.4, 0.5) is 0 Å². The van der Waals surface area contributed by atoms with E-state index >= 15 is 0 Å². The predicted molar refractivity (Wildman–Crippen MR) is 62.1 cm³/mol. The van der Waals surface area contributed by atoms with Gasteiger partial charge in [0.05, 0.1) is 0 Å². The van der Waals surface area contributed by atoms with Crippen LogP contribution in [0.5, 0.6) is 0 Å². The SMILES string of the molecule is CCCCNCCN1CCS(=O)CC1. The van der Waals surface area contributed by atoms with Crippen molar-refractivity contribution in [1.82, 2.24) is 10.2 Å². The molecule has 0 amide bonds. The van der Waals surface area contributed by atoms with Crippen molar-refractivity contribution in [3.8, 4) is 0 Å². The molecule has 0 aromatic heterocycles. The van der Waals surface area contributed by atoms with Crippen molar-refractivity contribution in [3.05, 3.63) is 0 Å². The van der Waals surface area contributed by atoms with E-state index in [2.05, 4.69) is 17.1 Å². The zero-order chi connectivity index (χ0) is 10.2. The fraction of sp³-hybridized carbons (Fsp3) is 1.00. The first kappa shape index (κ1) is 12.1. The Kier molecular flexibility index (Phi) is 6.39. The zero-order valence-corrected chi connectivity index (χ0v) is 9.94. The lowest BCUT2D eigenvalue weighted by atomic mass is 10.3. The van der Waals surface area contributed by atoms with E-state index < -0.39 is 10.8 Å². The van der Waals surface area contributed by atoms with E-state index in [0.29, 0.717) is 0 Å². The number of nitrogens with one attached hydrogen (secondary N) is 1. The Bertz CT molecular complexity index is 166. The van der Waals surface area contributed by atoms with E-state index in [9.17, 15) is 4.21 Å². The molecular weight excluding hydrogens is 196 g/mol. The van der Waals surface area contributed by atoms with Gasteiger partial charge in [0.15, 0.2) is 0 Å². The van der Waals surface area contributed by atoms with Gasteiger partial charge in [-0.25, -0.2) is 0 Å².